The molecule has 0 amide bonds. The summed E-state index contributed by atoms with van der Waals surface area (Å²) < 4.78 is 6.17. The lowest BCUT2D eigenvalue weighted by Gasteiger charge is -2.11. The summed E-state index contributed by atoms with van der Waals surface area (Å²) in [5, 5.41) is 4.71. The summed E-state index contributed by atoms with van der Waals surface area (Å²) in [6, 6.07) is 8.08. The number of benzene rings is 1. The number of rotatable bonds is 2. The lowest BCUT2D eigenvalue weighted by molar-refractivity contribution is 0.409. The van der Waals surface area contributed by atoms with Gasteiger partial charge in [0, 0.05) is 5.02 Å². The van der Waals surface area contributed by atoms with E-state index in [9.17, 15) is 4.79 Å². The maximum absolute atomic E-state index is 11.4. The van der Waals surface area contributed by atoms with Crippen LogP contribution in [0.15, 0.2) is 39.9 Å². The maximum Gasteiger partial charge on any atom is 0.437 e. The lowest BCUT2D eigenvalue weighted by Crippen LogP contribution is -2.20. The van der Waals surface area contributed by atoms with E-state index in [1.807, 2.05) is 12.1 Å². The first kappa shape index (κ1) is 11.5. The van der Waals surface area contributed by atoms with E-state index in [2.05, 4.69) is 17.2 Å². The third kappa shape index (κ3) is 2.08. The minimum atomic E-state index is -0.364. The molecule has 0 bridgehead atoms. The van der Waals surface area contributed by atoms with Crippen LogP contribution in [0.2, 0.25) is 5.02 Å². The van der Waals surface area contributed by atoms with Crippen molar-refractivity contribution < 1.29 is 4.42 Å². The smallest absolute Gasteiger partial charge is 0.395 e. The lowest BCUT2D eigenvalue weighted by atomic mass is 9.98. The zero-order valence-electron chi connectivity index (χ0n) is 9.75. The van der Waals surface area contributed by atoms with E-state index in [0.717, 1.165) is 24.3 Å². The molecule has 1 aliphatic carbocycles. The van der Waals surface area contributed by atoms with Crippen molar-refractivity contribution in [2.45, 2.75) is 31.2 Å². The Morgan fingerprint density at radius 1 is 1.28 bits per heavy atom. The summed E-state index contributed by atoms with van der Waals surface area (Å²) >= 11 is 5.88. The van der Waals surface area contributed by atoms with Gasteiger partial charge in [-0.15, -0.1) is 5.10 Å². The Morgan fingerprint density at radius 3 is 2.72 bits per heavy atom. The molecule has 94 valence electrons. The largest absolute Gasteiger partial charge is 0.437 e. The Morgan fingerprint density at radius 2 is 2.06 bits per heavy atom. The first-order valence-electron chi connectivity index (χ1n) is 6.02. The van der Waals surface area contributed by atoms with Crippen molar-refractivity contribution in [3.63, 3.8) is 0 Å². The summed E-state index contributed by atoms with van der Waals surface area (Å²) in [7, 11) is 0. The number of nitrogens with zero attached hydrogens (tertiary/aromatic N) is 2. The van der Waals surface area contributed by atoms with Gasteiger partial charge in [0.15, 0.2) is 0 Å². The molecule has 1 aromatic heterocycles. The molecule has 2 aromatic rings. The quantitative estimate of drug-likeness (QED) is 0.838. The highest BCUT2D eigenvalue weighted by Crippen LogP contribution is 2.40. The van der Waals surface area contributed by atoms with Gasteiger partial charge >= 0.3 is 5.76 Å². The minimum absolute atomic E-state index is 0.150. The second kappa shape index (κ2) is 4.61. The van der Waals surface area contributed by atoms with Crippen LogP contribution in [0.5, 0.6) is 0 Å². The number of hydrogen-bond acceptors (Lipinski definition) is 3. The van der Waals surface area contributed by atoms with E-state index < -0.39 is 0 Å². The molecule has 0 radical (unpaired) electrons. The van der Waals surface area contributed by atoms with Gasteiger partial charge in [-0.2, -0.15) is 4.68 Å². The zero-order valence-corrected chi connectivity index (χ0v) is 10.5. The summed E-state index contributed by atoms with van der Waals surface area (Å²) in [5.74, 6) is 0.104. The van der Waals surface area contributed by atoms with E-state index in [4.69, 9.17) is 16.0 Å². The average Bonchev–Trinajstić information content (AvgIpc) is 2.98. The van der Waals surface area contributed by atoms with E-state index >= 15 is 0 Å². The van der Waals surface area contributed by atoms with Gasteiger partial charge in [0.2, 0.25) is 6.39 Å². The maximum atomic E-state index is 11.4. The van der Waals surface area contributed by atoms with Gasteiger partial charge in [0.25, 0.3) is 0 Å². The minimum Gasteiger partial charge on any atom is -0.395 e. The molecule has 3 rings (SSSR count). The van der Waals surface area contributed by atoms with Crippen LogP contribution in [-0.2, 0) is 0 Å². The fourth-order valence-electron chi connectivity index (χ4n) is 2.68. The van der Waals surface area contributed by atoms with Crippen LogP contribution in [0, 0.1) is 0 Å². The van der Waals surface area contributed by atoms with Crippen LogP contribution in [0.3, 0.4) is 0 Å². The number of hydrogen-bond donors (Lipinski definition) is 0. The molecule has 1 aliphatic rings. The number of halogens is 1. The van der Waals surface area contributed by atoms with Crippen molar-refractivity contribution in [1.82, 2.24) is 9.78 Å². The first-order chi connectivity index (χ1) is 8.74. The Balaban J connectivity index is 1.78. The third-order valence-corrected chi connectivity index (χ3v) is 3.86. The van der Waals surface area contributed by atoms with Crippen molar-refractivity contribution in [2.24, 2.45) is 0 Å². The molecule has 1 aromatic carbocycles. The molecule has 4 nitrogen and oxygen atoms in total. The van der Waals surface area contributed by atoms with E-state index in [-0.39, 0.29) is 11.8 Å². The normalized spacial score (nSPS) is 23.4. The standard InChI is InChI=1S/C13H13ClN2O2/c14-11-4-1-9(2-5-11)10-3-6-12(7-10)16-13(17)18-8-15-16/h1-2,4-5,8,10,12H,3,6-7H2/t10-,12-/m1/s1. The third-order valence-electron chi connectivity index (χ3n) is 3.60. The van der Waals surface area contributed by atoms with Crippen molar-refractivity contribution in [1.29, 1.82) is 0 Å². The predicted molar refractivity (Wildman–Crippen MR) is 67.8 cm³/mol. The molecule has 0 N–H and O–H groups in total. The second-order valence-corrected chi connectivity index (χ2v) is 5.10. The van der Waals surface area contributed by atoms with Gasteiger partial charge in [-0.25, -0.2) is 4.79 Å². The summed E-state index contributed by atoms with van der Waals surface area (Å²) in [6.45, 7) is 0. The Bertz CT molecular complexity index is 588. The highest BCUT2D eigenvalue weighted by molar-refractivity contribution is 6.30. The molecular weight excluding hydrogens is 252 g/mol. The molecule has 1 fully saturated rings. The summed E-state index contributed by atoms with van der Waals surface area (Å²) in [6.07, 6.45) is 4.15. The van der Waals surface area contributed by atoms with Crippen molar-refractivity contribution in [3.8, 4) is 0 Å². The predicted octanol–water partition coefficient (Wildman–Crippen LogP) is 3.00. The zero-order chi connectivity index (χ0) is 12.5. The van der Waals surface area contributed by atoms with Gasteiger partial charge in [0.1, 0.15) is 0 Å². The SMILES string of the molecule is O=c1ocnn1[C@@H]1CC[C@@H](c2ccc(Cl)cc2)C1. The van der Waals surface area contributed by atoms with Crippen molar-refractivity contribution in [2.75, 3.05) is 0 Å². The van der Waals surface area contributed by atoms with E-state index in [1.54, 1.807) is 0 Å². The monoisotopic (exact) mass is 264 g/mol. The molecule has 1 saturated carbocycles. The average molecular weight is 265 g/mol. The van der Waals surface area contributed by atoms with E-state index in [1.165, 1.54) is 16.6 Å². The van der Waals surface area contributed by atoms with Crippen molar-refractivity contribution in [3.05, 3.63) is 51.8 Å². The van der Waals surface area contributed by atoms with Gasteiger partial charge in [-0.3, -0.25) is 0 Å². The van der Waals surface area contributed by atoms with Crippen LogP contribution < -0.4 is 5.76 Å². The molecule has 0 saturated heterocycles. The van der Waals surface area contributed by atoms with E-state index in [0.29, 0.717) is 5.92 Å². The van der Waals surface area contributed by atoms with Gasteiger partial charge in [-0.05, 0) is 42.9 Å². The molecule has 18 heavy (non-hydrogen) atoms. The molecule has 0 unspecified atom stereocenters. The Labute approximate surface area is 109 Å². The molecule has 0 spiro atoms. The van der Waals surface area contributed by atoms with Gasteiger partial charge in [-0.1, -0.05) is 23.7 Å². The molecular formula is C13H13ClN2O2. The van der Waals surface area contributed by atoms with Crippen LogP contribution in [0.25, 0.3) is 0 Å². The summed E-state index contributed by atoms with van der Waals surface area (Å²) in [5.41, 5.74) is 1.28. The number of aromatic nitrogens is 2. The van der Waals surface area contributed by atoms with Gasteiger partial charge in [0.05, 0.1) is 6.04 Å². The molecule has 5 heteroatoms. The molecule has 2 atom stereocenters. The van der Waals surface area contributed by atoms with Gasteiger partial charge < -0.3 is 4.42 Å². The van der Waals surface area contributed by atoms with Crippen LogP contribution in [-0.4, -0.2) is 9.78 Å². The molecule has 1 heterocycles. The molecule has 0 aliphatic heterocycles. The second-order valence-electron chi connectivity index (χ2n) is 4.66. The Hall–Kier alpha value is -1.55. The van der Waals surface area contributed by atoms with Crippen LogP contribution >= 0.6 is 11.6 Å². The highest BCUT2D eigenvalue weighted by Gasteiger charge is 2.28. The topological polar surface area (TPSA) is 48.0 Å². The fourth-order valence-corrected chi connectivity index (χ4v) is 2.81. The fraction of sp³-hybridized carbons (Fsp3) is 0.385. The van der Waals surface area contributed by atoms with Crippen LogP contribution in [0.1, 0.15) is 36.8 Å². The first-order valence-corrected chi connectivity index (χ1v) is 6.39. The van der Waals surface area contributed by atoms with Crippen molar-refractivity contribution >= 4 is 11.6 Å². The Kier molecular flexibility index (Phi) is 2.96. The van der Waals surface area contributed by atoms with Crippen LogP contribution in [0.4, 0.5) is 0 Å². The summed E-state index contributed by atoms with van der Waals surface area (Å²) in [4.78, 5) is 11.4. The highest BCUT2D eigenvalue weighted by atomic mass is 35.5.